The van der Waals surface area contributed by atoms with Gasteiger partial charge in [0.15, 0.2) is 0 Å². The lowest BCUT2D eigenvalue weighted by molar-refractivity contribution is -0.126. The monoisotopic (exact) mass is 446 g/mol. The number of rotatable bonds is 8. The minimum absolute atomic E-state index is 0.0800. The molecule has 3 aromatic carbocycles. The second-order valence-corrected chi connectivity index (χ2v) is 8.75. The lowest BCUT2D eigenvalue weighted by atomic mass is 9.95. The molecule has 5 heteroatoms. The van der Waals surface area contributed by atoms with Crippen LogP contribution >= 0.6 is 0 Å². The minimum Gasteiger partial charge on any atom is -0.489 e. The molecule has 0 unspecified atom stereocenters. The number of carbonyl (C=O) groups is 1. The molecule has 0 atom stereocenters. The van der Waals surface area contributed by atoms with E-state index >= 15 is 0 Å². The quantitative estimate of drug-likeness (QED) is 0.514. The number of hydrogen-bond donors (Lipinski definition) is 1. The van der Waals surface area contributed by atoms with Crippen molar-refractivity contribution in [2.45, 2.75) is 39.5 Å². The topological polar surface area (TPSA) is 41.6 Å². The molecule has 0 saturated carbocycles. The second-order valence-electron chi connectivity index (χ2n) is 8.75. The highest BCUT2D eigenvalue weighted by atomic mass is 19.1. The first kappa shape index (κ1) is 23.0. The smallest absolute Gasteiger partial charge is 0.223 e. The molecular weight excluding hydrogens is 415 g/mol. The van der Waals surface area contributed by atoms with E-state index in [1.54, 1.807) is 12.1 Å². The normalized spacial score (nSPS) is 14.7. The average molecular weight is 447 g/mol. The van der Waals surface area contributed by atoms with Gasteiger partial charge in [-0.25, -0.2) is 4.39 Å². The van der Waals surface area contributed by atoms with E-state index in [1.807, 2.05) is 24.3 Å². The van der Waals surface area contributed by atoms with Crippen molar-refractivity contribution in [3.63, 3.8) is 0 Å². The van der Waals surface area contributed by atoms with Crippen molar-refractivity contribution in [2.24, 2.45) is 5.92 Å². The van der Waals surface area contributed by atoms with E-state index in [0.29, 0.717) is 13.2 Å². The zero-order valence-corrected chi connectivity index (χ0v) is 19.1. The van der Waals surface area contributed by atoms with E-state index in [4.69, 9.17) is 4.74 Å². The minimum atomic E-state index is -0.252. The Labute approximate surface area is 195 Å². The number of amides is 1. The fourth-order valence-electron chi connectivity index (χ4n) is 4.17. The third kappa shape index (κ3) is 6.65. The molecule has 4 nitrogen and oxygen atoms in total. The van der Waals surface area contributed by atoms with Crippen molar-refractivity contribution in [3.05, 3.63) is 101 Å². The van der Waals surface area contributed by atoms with Crippen LogP contribution in [0.2, 0.25) is 0 Å². The second kappa shape index (κ2) is 11.1. The molecule has 4 rings (SSSR count). The summed E-state index contributed by atoms with van der Waals surface area (Å²) in [7, 11) is 0. The molecule has 1 saturated heterocycles. The molecule has 172 valence electrons. The molecule has 1 aliphatic heterocycles. The number of ether oxygens (including phenoxy) is 1. The number of halogens is 1. The molecule has 1 aliphatic rings. The third-order valence-electron chi connectivity index (χ3n) is 6.32. The summed E-state index contributed by atoms with van der Waals surface area (Å²) in [4.78, 5) is 15.1. The maximum Gasteiger partial charge on any atom is 0.223 e. The summed E-state index contributed by atoms with van der Waals surface area (Å²) in [6, 6.07) is 22.5. The summed E-state index contributed by atoms with van der Waals surface area (Å²) in [5.41, 5.74) is 4.64. The largest absolute Gasteiger partial charge is 0.489 e. The van der Waals surface area contributed by atoms with Gasteiger partial charge in [-0.15, -0.1) is 0 Å². The van der Waals surface area contributed by atoms with Crippen LogP contribution in [0, 0.1) is 18.7 Å². The highest BCUT2D eigenvalue weighted by molar-refractivity contribution is 5.78. The number of carbonyl (C=O) groups excluding carboxylic acids is 1. The van der Waals surface area contributed by atoms with Gasteiger partial charge in [-0.05, 0) is 79.4 Å². The van der Waals surface area contributed by atoms with E-state index in [1.165, 1.54) is 23.3 Å². The van der Waals surface area contributed by atoms with Gasteiger partial charge in [0.1, 0.15) is 18.2 Å². The van der Waals surface area contributed by atoms with E-state index < -0.39 is 0 Å². The average Bonchev–Trinajstić information content (AvgIpc) is 2.85. The van der Waals surface area contributed by atoms with E-state index in [9.17, 15) is 9.18 Å². The fraction of sp³-hybridized carbons (Fsp3) is 0.321. The predicted octanol–water partition coefficient (Wildman–Crippen LogP) is 5.24. The number of hydrogen-bond acceptors (Lipinski definition) is 3. The Kier molecular flexibility index (Phi) is 7.74. The van der Waals surface area contributed by atoms with Crippen LogP contribution in [-0.4, -0.2) is 23.9 Å². The predicted molar refractivity (Wildman–Crippen MR) is 128 cm³/mol. The van der Waals surface area contributed by atoms with Crippen LogP contribution in [0.1, 0.15) is 35.1 Å². The Morgan fingerprint density at radius 3 is 2.33 bits per heavy atom. The van der Waals surface area contributed by atoms with E-state index in [0.717, 1.165) is 49.4 Å². The summed E-state index contributed by atoms with van der Waals surface area (Å²) >= 11 is 0. The highest BCUT2D eigenvalue weighted by Gasteiger charge is 2.24. The SMILES string of the molecule is Cc1ccccc1CN1CCC(C(=O)NCc2ccc(OCc3ccc(F)cc3)cc2)CC1. The molecule has 0 radical (unpaired) electrons. The van der Waals surface area contributed by atoms with Crippen molar-refractivity contribution in [1.29, 1.82) is 0 Å². The molecule has 0 aliphatic carbocycles. The first-order chi connectivity index (χ1) is 16.1. The van der Waals surface area contributed by atoms with Gasteiger partial charge >= 0.3 is 0 Å². The molecule has 1 N–H and O–H groups in total. The number of nitrogens with one attached hydrogen (secondary N) is 1. The number of likely N-dealkylation sites (tertiary alicyclic amines) is 1. The van der Waals surface area contributed by atoms with Crippen LogP contribution < -0.4 is 10.1 Å². The molecule has 0 bridgehead atoms. The zero-order chi connectivity index (χ0) is 23.0. The van der Waals surface area contributed by atoms with Gasteiger partial charge in [0, 0.05) is 19.0 Å². The summed E-state index contributed by atoms with van der Waals surface area (Å²) in [5, 5.41) is 3.09. The Balaban J connectivity index is 1.18. The van der Waals surface area contributed by atoms with Crippen LogP contribution in [0.25, 0.3) is 0 Å². The van der Waals surface area contributed by atoms with Crippen molar-refractivity contribution in [1.82, 2.24) is 10.2 Å². The van der Waals surface area contributed by atoms with Crippen LogP contribution in [0.3, 0.4) is 0 Å². The Hall–Kier alpha value is -3.18. The maximum absolute atomic E-state index is 13.0. The maximum atomic E-state index is 13.0. The van der Waals surface area contributed by atoms with Gasteiger partial charge in [-0.1, -0.05) is 48.5 Å². The highest BCUT2D eigenvalue weighted by Crippen LogP contribution is 2.21. The molecule has 0 aromatic heterocycles. The number of nitrogens with zero attached hydrogens (tertiary/aromatic N) is 1. The first-order valence-corrected chi connectivity index (χ1v) is 11.6. The van der Waals surface area contributed by atoms with Gasteiger partial charge in [0.05, 0.1) is 0 Å². The molecule has 1 heterocycles. The molecule has 0 spiro atoms. The third-order valence-corrected chi connectivity index (χ3v) is 6.32. The van der Waals surface area contributed by atoms with Crippen molar-refractivity contribution < 1.29 is 13.9 Å². The molecular formula is C28H31FN2O2. The van der Waals surface area contributed by atoms with Crippen molar-refractivity contribution in [3.8, 4) is 5.75 Å². The van der Waals surface area contributed by atoms with Crippen LogP contribution in [0.5, 0.6) is 5.75 Å². The van der Waals surface area contributed by atoms with Gasteiger partial charge in [-0.2, -0.15) is 0 Å². The van der Waals surface area contributed by atoms with Crippen molar-refractivity contribution >= 4 is 5.91 Å². The number of benzene rings is 3. The summed E-state index contributed by atoms with van der Waals surface area (Å²) < 4.78 is 18.7. The van der Waals surface area contributed by atoms with Gasteiger partial charge in [-0.3, -0.25) is 9.69 Å². The van der Waals surface area contributed by atoms with Gasteiger partial charge < -0.3 is 10.1 Å². The summed E-state index contributed by atoms with van der Waals surface area (Å²) in [6.45, 7) is 5.91. The van der Waals surface area contributed by atoms with Crippen LogP contribution in [-0.2, 0) is 24.5 Å². The summed E-state index contributed by atoms with van der Waals surface area (Å²) in [5.74, 6) is 0.715. The molecule has 1 amide bonds. The summed E-state index contributed by atoms with van der Waals surface area (Å²) in [6.07, 6.45) is 1.79. The first-order valence-electron chi connectivity index (χ1n) is 11.6. The van der Waals surface area contributed by atoms with Crippen molar-refractivity contribution in [2.75, 3.05) is 13.1 Å². The van der Waals surface area contributed by atoms with Gasteiger partial charge in [0.25, 0.3) is 0 Å². The Bertz CT molecular complexity index is 1040. The number of aryl methyl sites for hydroxylation is 1. The Morgan fingerprint density at radius 1 is 0.970 bits per heavy atom. The lowest BCUT2D eigenvalue weighted by Crippen LogP contribution is -2.40. The standard InChI is InChI=1S/C28H31FN2O2/c1-21-4-2-3-5-25(21)19-31-16-14-24(15-17-31)28(32)30-18-22-8-12-27(13-9-22)33-20-23-6-10-26(29)11-7-23/h2-13,24H,14-20H2,1H3,(H,30,32). The molecule has 3 aromatic rings. The fourth-order valence-corrected chi connectivity index (χ4v) is 4.17. The van der Waals surface area contributed by atoms with Crippen LogP contribution in [0.15, 0.2) is 72.8 Å². The molecule has 33 heavy (non-hydrogen) atoms. The van der Waals surface area contributed by atoms with E-state index in [2.05, 4.69) is 41.4 Å². The number of piperidine rings is 1. The lowest BCUT2D eigenvalue weighted by Gasteiger charge is -2.31. The van der Waals surface area contributed by atoms with Crippen LogP contribution in [0.4, 0.5) is 4.39 Å². The molecule has 1 fully saturated rings. The Morgan fingerprint density at radius 2 is 1.64 bits per heavy atom. The van der Waals surface area contributed by atoms with E-state index in [-0.39, 0.29) is 17.6 Å². The zero-order valence-electron chi connectivity index (χ0n) is 19.1. The van der Waals surface area contributed by atoms with Gasteiger partial charge in [0.2, 0.25) is 5.91 Å².